The average molecular weight is 306 g/mol. The van der Waals surface area contributed by atoms with E-state index >= 15 is 0 Å². The molecule has 13 heavy (non-hydrogen) atoms. The topological polar surface area (TPSA) is 0 Å². The third-order valence-corrected chi connectivity index (χ3v) is 3.62. The fourth-order valence-electron chi connectivity index (χ4n) is 1.25. The van der Waals surface area contributed by atoms with Crippen LogP contribution >= 0.6 is 31.9 Å². The summed E-state index contributed by atoms with van der Waals surface area (Å²) >= 11 is 7.02. The maximum atomic E-state index is 3.55. The predicted molar refractivity (Wildman–Crippen MR) is 65.7 cm³/mol. The second-order valence-corrected chi connectivity index (χ2v) is 5.03. The van der Waals surface area contributed by atoms with E-state index in [9.17, 15) is 0 Å². The molecule has 0 aliphatic rings. The Bertz CT molecular complexity index is 281. The van der Waals surface area contributed by atoms with Gasteiger partial charge in [-0.1, -0.05) is 50.9 Å². The van der Waals surface area contributed by atoms with E-state index in [1.807, 2.05) is 0 Å². The van der Waals surface area contributed by atoms with Crippen LogP contribution in [0.25, 0.3) is 0 Å². The van der Waals surface area contributed by atoms with Crippen LogP contribution in [0.3, 0.4) is 0 Å². The molecule has 1 rings (SSSR count). The summed E-state index contributed by atoms with van der Waals surface area (Å²) in [5.74, 6) is 0.635. The molecule has 0 N–H and O–H groups in total. The third-order valence-electron chi connectivity index (χ3n) is 2.31. The van der Waals surface area contributed by atoms with Crippen LogP contribution in [-0.4, -0.2) is 5.33 Å². The Hall–Kier alpha value is 0.180. The predicted octanol–water partition coefficient (Wildman–Crippen LogP) is 4.65. The molecule has 0 heterocycles. The molecule has 1 atom stereocenters. The molecule has 0 aromatic heterocycles. The zero-order valence-corrected chi connectivity index (χ0v) is 11.2. The second kappa shape index (κ2) is 5.16. The lowest BCUT2D eigenvalue weighted by Crippen LogP contribution is -1.94. The molecule has 0 bridgehead atoms. The van der Waals surface area contributed by atoms with Crippen molar-refractivity contribution in [3.05, 3.63) is 33.8 Å². The number of hydrogen-bond acceptors (Lipinski definition) is 0. The van der Waals surface area contributed by atoms with E-state index in [4.69, 9.17) is 0 Å². The number of alkyl halides is 1. The first kappa shape index (κ1) is 11.3. The van der Waals surface area contributed by atoms with Crippen molar-refractivity contribution in [2.75, 3.05) is 5.33 Å². The standard InChI is InChI=1S/C11H14Br2/c1-8(5-6-12)10-4-3-9(2)11(13)7-10/h3-4,7-8H,5-6H2,1-2H3. The quantitative estimate of drug-likeness (QED) is 0.713. The molecule has 0 saturated heterocycles. The second-order valence-electron chi connectivity index (χ2n) is 3.39. The summed E-state index contributed by atoms with van der Waals surface area (Å²) in [6.07, 6.45) is 1.19. The lowest BCUT2D eigenvalue weighted by Gasteiger charge is -2.11. The van der Waals surface area contributed by atoms with Crippen molar-refractivity contribution in [1.82, 2.24) is 0 Å². The molecule has 0 fully saturated rings. The summed E-state index contributed by atoms with van der Waals surface area (Å²) in [4.78, 5) is 0. The maximum absolute atomic E-state index is 3.55. The van der Waals surface area contributed by atoms with Crippen molar-refractivity contribution in [2.45, 2.75) is 26.2 Å². The summed E-state index contributed by atoms with van der Waals surface area (Å²) in [5.41, 5.74) is 2.71. The van der Waals surface area contributed by atoms with E-state index in [1.165, 1.54) is 22.0 Å². The summed E-state index contributed by atoms with van der Waals surface area (Å²) in [5, 5.41) is 1.07. The van der Waals surface area contributed by atoms with Gasteiger partial charge in [0.1, 0.15) is 0 Å². The van der Waals surface area contributed by atoms with E-state index < -0.39 is 0 Å². The Morgan fingerprint density at radius 2 is 2.08 bits per heavy atom. The van der Waals surface area contributed by atoms with Crippen LogP contribution in [-0.2, 0) is 0 Å². The molecule has 72 valence electrons. The van der Waals surface area contributed by atoms with Crippen molar-refractivity contribution in [3.63, 3.8) is 0 Å². The van der Waals surface area contributed by atoms with Gasteiger partial charge in [-0.2, -0.15) is 0 Å². The molecule has 0 radical (unpaired) electrons. The summed E-state index contributed by atoms with van der Waals surface area (Å²) in [6.45, 7) is 4.38. The van der Waals surface area contributed by atoms with Crippen LogP contribution in [0.15, 0.2) is 22.7 Å². The fraction of sp³-hybridized carbons (Fsp3) is 0.455. The molecular formula is C11H14Br2. The van der Waals surface area contributed by atoms with Crippen LogP contribution in [0.2, 0.25) is 0 Å². The SMILES string of the molecule is Cc1ccc(C(C)CCBr)cc1Br. The average Bonchev–Trinajstić information content (AvgIpc) is 2.10. The van der Waals surface area contributed by atoms with Crippen molar-refractivity contribution in [2.24, 2.45) is 0 Å². The van der Waals surface area contributed by atoms with Gasteiger partial charge in [0.2, 0.25) is 0 Å². The fourth-order valence-corrected chi connectivity index (χ4v) is 2.33. The van der Waals surface area contributed by atoms with Gasteiger partial charge in [-0.3, -0.25) is 0 Å². The van der Waals surface area contributed by atoms with Gasteiger partial charge < -0.3 is 0 Å². The highest BCUT2D eigenvalue weighted by Crippen LogP contribution is 2.25. The first-order valence-corrected chi connectivity index (χ1v) is 6.38. The smallest absolute Gasteiger partial charge is 0.0207 e. The number of benzene rings is 1. The van der Waals surface area contributed by atoms with Gasteiger partial charge >= 0.3 is 0 Å². The van der Waals surface area contributed by atoms with Crippen LogP contribution in [0.5, 0.6) is 0 Å². The van der Waals surface area contributed by atoms with E-state index in [2.05, 4.69) is 63.9 Å². The van der Waals surface area contributed by atoms with Gasteiger partial charge in [0, 0.05) is 9.80 Å². The minimum absolute atomic E-state index is 0.635. The molecule has 1 aromatic rings. The van der Waals surface area contributed by atoms with Crippen molar-refractivity contribution in [1.29, 1.82) is 0 Å². The summed E-state index contributed by atoms with van der Waals surface area (Å²) < 4.78 is 1.21. The summed E-state index contributed by atoms with van der Waals surface area (Å²) in [7, 11) is 0. The lowest BCUT2D eigenvalue weighted by molar-refractivity contribution is 0.743. The van der Waals surface area contributed by atoms with Gasteiger partial charge in [-0.15, -0.1) is 0 Å². The molecule has 0 nitrogen and oxygen atoms in total. The largest absolute Gasteiger partial charge is 0.0928 e. The number of hydrogen-bond donors (Lipinski definition) is 0. The molecule has 0 aliphatic heterocycles. The lowest BCUT2D eigenvalue weighted by atomic mass is 9.98. The number of halogens is 2. The Labute approximate surface area is 97.0 Å². The highest BCUT2D eigenvalue weighted by Gasteiger charge is 2.05. The Kier molecular flexibility index (Phi) is 4.47. The Balaban J connectivity index is 2.84. The van der Waals surface area contributed by atoms with Crippen molar-refractivity contribution < 1.29 is 0 Å². The van der Waals surface area contributed by atoms with Crippen LogP contribution < -0.4 is 0 Å². The minimum Gasteiger partial charge on any atom is -0.0928 e. The zero-order chi connectivity index (χ0) is 9.84. The molecule has 0 amide bonds. The molecule has 0 saturated carbocycles. The molecule has 1 aromatic carbocycles. The van der Waals surface area contributed by atoms with Crippen molar-refractivity contribution >= 4 is 31.9 Å². The van der Waals surface area contributed by atoms with E-state index in [0.717, 1.165) is 5.33 Å². The van der Waals surface area contributed by atoms with Crippen LogP contribution in [0.4, 0.5) is 0 Å². The monoisotopic (exact) mass is 304 g/mol. The highest BCUT2D eigenvalue weighted by molar-refractivity contribution is 9.10. The first-order valence-electron chi connectivity index (χ1n) is 4.47. The van der Waals surface area contributed by atoms with Gasteiger partial charge in [-0.25, -0.2) is 0 Å². The van der Waals surface area contributed by atoms with E-state index in [1.54, 1.807) is 0 Å². The zero-order valence-electron chi connectivity index (χ0n) is 7.98. The van der Waals surface area contributed by atoms with Crippen LogP contribution in [0, 0.1) is 6.92 Å². The van der Waals surface area contributed by atoms with Gasteiger partial charge in [0.25, 0.3) is 0 Å². The molecule has 1 unspecified atom stereocenters. The van der Waals surface area contributed by atoms with Crippen molar-refractivity contribution in [3.8, 4) is 0 Å². The highest BCUT2D eigenvalue weighted by atomic mass is 79.9. The van der Waals surface area contributed by atoms with E-state index in [-0.39, 0.29) is 0 Å². The van der Waals surface area contributed by atoms with Gasteiger partial charge in [-0.05, 0) is 36.5 Å². The minimum atomic E-state index is 0.635. The molecular weight excluding hydrogens is 292 g/mol. The molecule has 2 heteroatoms. The van der Waals surface area contributed by atoms with E-state index in [0.29, 0.717) is 5.92 Å². The van der Waals surface area contributed by atoms with Gasteiger partial charge in [0.05, 0.1) is 0 Å². The van der Waals surface area contributed by atoms with Gasteiger partial charge in [0.15, 0.2) is 0 Å². The molecule has 0 spiro atoms. The van der Waals surface area contributed by atoms with Crippen LogP contribution in [0.1, 0.15) is 30.4 Å². The normalized spacial score (nSPS) is 12.9. The Morgan fingerprint density at radius 1 is 1.38 bits per heavy atom. The Morgan fingerprint density at radius 3 is 2.62 bits per heavy atom. The summed E-state index contributed by atoms with van der Waals surface area (Å²) in [6, 6.07) is 6.61. The maximum Gasteiger partial charge on any atom is 0.0207 e. The number of aryl methyl sites for hydroxylation is 1. The first-order chi connectivity index (χ1) is 6.15. The number of rotatable bonds is 3. The third kappa shape index (κ3) is 3.10. The molecule has 0 aliphatic carbocycles.